The van der Waals surface area contributed by atoms with Crippen LogP contribution < -0.4 is 10.6 Å². The van der Waals surface area contributed by atoms with Crippen LogP contribution in [-0.2, 0) is 11.3 Å². The molecule has 1 saturated heterocycles. The van der Waals surface area contributed by atoms with Gasteiger partial charge in [-0.3, -0.25) is 4.90 Å². The van der Waals surface area contributed by atoms with Crippen LogP contribution in [0, 0.1) is 0 Å². The predicted molar refractivity (Wildman–Crippen MR) is 114 cm³/mol. The van der Waals surface area contributed by atoms with Gasteiger partial charge < -0.3 is 15.4 Å². The Hall–Kier alpha value is -2.41. The summed E-state index contributed by atoms with van der Waals surface area (Å²) in [4.78, 5) is 14.8. The zero-order valence-corrected chi connectivity index (χ0v) is 16.6. The highest BCUT2D eigenvalue weighted by Crippen LogP contribution is 2.23. The number of nitrogens with one attached hydrogen (secondary N) is 2. The SMILES string of the molecule is O=C(NCc1cccc2ccccc12)NC[C@H](c1ccsc1)N1CCOCC1. The Morgan fingerprint density at radius 2 is 1.89 bits per heavy atom. The molecule has 0 radical (unpaired) electrons. The van der Waals surface area contributed by atoms with Crippen LogP contribution in [0.2, 0.25) is 0 Å². The van der Waals surface area contributed by atoms with Crippen LogP contribution in [0.4, 0.5) is 4.79 Å². The third-order valence-electron chi connectivity index (χ3n) is 5.19. The summed E-state index contributed by atoms with van der Waals surface area (Å²) in [7, 11) is 0. The van der Waals surface area contributed by atoms with Crippen molar-refractivity contribution in [2.24, 2.45) is 0 Å². The second kappa shape index (κ2) is 9.19. The van der Waals surface area contributed by atoms with Crippen molar-refractivity contribution in [1.82, 2.24) is 15.5 Å². The van der Waals surface area contributed by atoms with E-state index in [1.54, 1.807) is 11.3 Å². The molecular weight excluding hydrogens is 370 g/mol. The first-order chi connectivity index (χ1) is 13.8. The second-order valence-corrected chi connectivity index (χ2v) is 7.70. The second-order valence-electron chi connectivity index (χ2n) is 6.92. The number of amides is 2. The van der Waals surface area contributed by atoms with Gasteiger partial charge in [0.2, 0.25) is 0 Å². The Labute approximate surface area is 169 Å². The standard InChI is InChI=1S/C22H25N3O2S/c26-22(23-14-18-6-3-5-17-4-1-2-7-20(17)18)24-15-21(19-8-13-28-16-19)25-9-11-27-12-10-25/h1-8,13,16,21H,9-12,14-15H2,(H2,23,24,26)/t21-/m1/s1. The lowest BCUT2D eigenvalue weighted by Crippen LogP contribution is -2.45. The first-order valence-electron chi connectivity index (χ1n) is 9.63. The first-order valence-corrected chi connectivity index (χ1v) is 10.6. The zero-order chi connectivity index (χ0) is 19.2. The molecule has 0 aliphatic carbocycles. The molecule has 28 heavy (non-hydrogen) atoms. The van der Waals surface area contributed by atoms with E-state index in [0.29, 0.717) is 13.1 Å². The molecule has 1 aromatic heterocycles. The van der Waals surface area contributed by atoms with Crippen molar-refractivity contribution in [1.29, 1.82) is 0 Å². The van der Waals surface area contributed by atoms with Crippen LogP contribution in [-0.4, -0.2) is 43.8 Å². The fourth-order valence-corrected chi connectivity index (χ4v) is 4.39. The molecule has 0 unspecified atom stereocenters. The maximum atomic E-state index is 12.4. The van der Waals surface area contributed by atoms with E-state index in [-0.39, 0.29) is 12.1 Å². The molecule has 1 atom stereocenters. The molecule has 1 aliphatic rings. The summed E-state index contributed by atoms with van der Waals surface area (Å²) >= 11 is 1.69. The summed E-state index contributed by atoms with van der Waals surface area (Å²) < 4.78 is 5.48. The van der Waals surface area contributed by atoms with E-state index < -0.39 is 0 Å². The summed E-state index contributed by atoms with van der Waals surface area (Å²) in [6.07, 6.45) is 0. The fraction of sp³-hybridized carbons (Fsp3) is 0.318. The number of nitrogens with zero attached hydrogens (tertiary/aromatic N) is 1. The molecule has 6 heteroatoms. The van der Waals surface area contributed by atoms with Gasteiger partial charge in [0.15, 0.2) is 0 Å². The molecule has 1 aliphatic heterocycles. The van der Waals surface area contributed by atoms with E-state index >= 15 is 0 Å². The summed E-state index contributed by atoms with van der Waals surface area (Å²) in [5.74, 6) is 0. The van der Waals surface area contributed by atoms with Crippen LogP contribution in [0.15, 0.2) is 59.3 Å². The fourth-order valence-electron chi connectivity index (χ4n) is 3.69. The van der Waals surface area contributed by atoms with E-state index in [1.165, 1.54) is 16.3 Å². The van der Waals surface area contributed by atoms with Gasteiger partial charge in [-0.15, -0.1) is 0 Å². The van der Waals surface area contributed by atoms with Gasteiger partial charge in [-0.05, 0) is 38.7 Å². The number of fused-ring (bicyclic) bond motifs is 1. The van der Waals surface area contributed by atoms with Gasteiger partial charge in [-0.25, -0.2) is 4.79 Å². The first kappa shape index (κ1) is 18.9. The largest absolute Gasteiger partial charge is 0.379 e. The van der Waals surface area contributed by atoms with Crippen molar-refractivity contribution < 1.29 is 9.53 Å². The minimum absolute atomic E-state index is 0.138. The van der Waals surface area contributed by atoms with E-state index in [4.69, 9.17) is 4.74 Å². The molecular formula is C22H25N3O2S. The van der Waals surface area contributed by atoms with Crippen LogP contribution in [0.5, 0.6) is 0 Å². The summed E-state index contributed by atoms with van der Waals surface area (Å²) in [5.41, 5.74) is 2.37. The van der Waals surface area contributed by atoms with Crippen LogP contribution in [0.3, 0.4) is 0 Å². The predicted octanol–water partition coefficient (Wildman–Crippen LogP) is 3.77. The van der Waals surface area contributed by atoms with E-state index in [0.717, 1.165) is 31.9 Å². The van der Waals surface area contributed by atoms with Gasteiger partial charge in [0.25, 0.3) is 0 Å². The highest BCUT2D eigenvalue weighted by Gasteiger charge is 2.23. The van der Waals surface area contributed by atoms with Gasteiger partial charge in [0.1, 0.15) is 0 Å². The number of carbonyl (C=O) groups excluding carboxylic acids is 1. The Balaban J connectivity index is 1.36. The van der Waals surface area contributed by atoms with Crippen LogP contribution in [0.25, 0.3) is 10.8 Å². The Kier molecular flexibility index (Phi) is 6.21. The summed E-state index contributed by atoms with van der Waals surface area (Å²) in [5, 5.41) is 12.7. The number of hydrogen-bond donors (Lipinski definition) is 2. The lowest BCUT2D eigenvalue weighted by atomic mass is 10.0. The summed E-state index contributed by atoms with van der Waals surface area (Å²) in [6.45, 7) is 4.35. The molecule has 2 aromatic carbocycles. The topological polar surface area (TPSA) is 53.6 Å². The number of ether oxygens (including phenoxy) is 1. The van der Waals surface area contributed by atoms with Crippen LogP contribution >= 0.6 is 11.3 Å². The van der Waals surface area contributed by atoms with Crippen molar-refractivity contribution in [3.8, 4) is 0 Å². The number of carbonyl (C=O) groups is 1. The molecule has 5 nitrogen and oxygen atoms in total. The molecule has 0 spiro atoms. The lowest BCUT2D eigenvalue weighted by Gasteiger charge is -2.34. The summed E-state index contributed by atoms with van der Waals surface area (Å²) in [6, 6.07) is 16.6. The van der Waals surface area contributed by atoms with Crippen molar-refractivity contribution >= 4 is 28.1 Å². The highest BCUT2D eigenvalue weighted by atomic mass is 32.1. The number of morpholine rings is 1. The van der Waals surface area contributed by atoms with Gasteiger partial charge in [-0.2, -0.15) is 11.3 Å². The van der Waals surface area contributed by atoms with Crippen molar-refractivity contribution in [3.05, 3.63) is 70.4 Å². The molecule has 0 saturated carbocycles. The van der Waals surface area contributed by atoms with Gasteiger partial charge >= 0.3 is 6.03 Å². The molecule has 2 amide bonds. The average Bonchev–Trinajstić information content (AvgIpc) is 3.28. The normalized spacial score (nSPS) is 16.0. The average molecular weight is 396 g/mol. The van der Waals surface area contributed by atoms with Crippen molar-refractivity contribution in [2.45, 2.75) is 12.6 Å². The minimum Gasteiger partial charge on any atom is -0.379 e. The number of benzene rings is 2. The third-order valence-corrected chi connectivity index (χ3v) is 5.89. The Bertz CT molecular complexity index is 902. The minimum atomic E-state index is -0.138. The number of hydrogen-bond acceptors (Lipinski definition) is 4. The number of urea groups is 1. The van der Waals surface area contributed by atoms with Gasteiger partial charge in [0.05, 0.1) is 19.3 Å². The van der Waals surface area contributed by atoms with E-state index in [9.17, 15) is 4.79 Å². The van der Waals surface area contributed by atoms with Crippen LogP contribution in [0.1, 0.15) is 17.2 Å². The number of rotatable bonds is 6. The molecule has 2 heterocycles. The quantitative estimate of drug-likeness (QED) is 0.668. The van der Waals surface area contributed by atoms with Crippen molar-refractivity contribution in [2.75, 3.05) is 32.8 Å². The third kappa shape index (κ3) is 4.52. The van der Waals surface area contributed by atoms with E-state index in [2.05, 4.69) is 56.6 Å². The highest BCUT2D eigenvalue weighted by molar-refractivity contribution is 7.07. The molecule has 2 N–H and O–H groups in total. The molecule has 1 fully saturated rings. The Morgan fingerprint density at radius 3 is 2.71 bits per heavy atom. The molecule has 146 valence electrons. The molecule has 0 bridgehead atoms. The van der Waals surface area contributed by atoms with Gasteiger partial charge in [0, 0.05) is 26.2 Å². The maximum Gasteiger partial charge on any atom is 0.315 e. The van der Waals surface area contributed by atoms with Gasteiger partial charge in [-0.1, -0.05) is 42.5 Å². The lowest BCUT2D eigenvalue weighted by molar-refractivity contribution is 0.0168. The maximum absolute atomic E-state index is 12.4. The Morgan fingerprint density at radius 1 is 1.07 bits per heavy atom. The zero-order valence-electron chi connectivity index (χ0n) is 15.8. The van der Waals surface area contributed by atoms with Crippen molar-refractivity contribution in [3.63, 3.8) is 0 Å². The smallest absolute Gasteiger partial charge is 0.315 e. The number of thiophene rings is 1. The monoisotopic (exact) mass is 395 g/mol. The molecule has 4 rings (SSSR count). The molecule has 3 aromatic rings. The van der Waals surface area contributed by atoms with E-state index in [1.807, 2.05) is 18.2 Å².